The van der Waals surface area contributed by atoms with Crippen molar-refractivity contribution in [3.63, 3.8) is 0 Å². The van der Waals surface area contributed by atoms with Crippen LogP contribution in [-0.2, 0) is 4.79 Å². The van der Waals surface area contributed by atoms with Crippen molar-refractivity contribution in [2.75, 3.05) is 19.1 Å². The van der Waals surface area contributed by atoms with Crippen LogP contribution >= 0.6 is 11.6 Å². The number of hydrogen-bond acceptors (Lipinski definition) is 6. The molecule has 0 bridgehead atoms. The molecule has 6 nitrogen and oxygen atoms in total. The molecule has 8 heteroatoms. The van der Waals surface area contributed by atoms with Gasteiger partial charge in [0.25, 0.3) is 0 Å². The summed E-state index contributed by atoms with van der Waals surface area (Å²) in [5.41, 5.74) is 2.28. The van der Waals surface area contributed by atoms with Gasteiger partial charge in [-0.3, -0.25) is 0 Å². The normalized spacial score (nSPS) is 10.5. The molecule has 4 aromatic rings. The van der Waals surface area contributed by atoms with Crippen LogP contribution in [0.4, 0.5) is 0 Å². The molecule has 0 fully saturated rings. The number of halogens is 1. The molecule has 0 aliphatic carbocycles. The van der Waals surface area contributed by atoms with E-state index in [9.17, 15) is 9.90 Å². The topological polar surface area (TPSA) is 84.4 Å². The van der Waals surface area contributed by atoms with Crippen molar-refractivity contribution in [1.82, 2.24) is 9.97 Å². The molecule has 0 aliphatic rings. The monoisotopic (exact) mass is 470 g/mol. The number of ether oxygens (including phenoxy) is 2. The summed E-state index contributed by atoms with van der Waals surface area (Å²) >= 11 is 5.70. The molecular weight excluding hydrogens is 451 g/mol. The van der Waals surface area contributed by atoms with Crippen molar-refractivity contribution in [2.45, 2.75) is 6.42 Å². The number of aliphatic carboxylic acids is 1. The molecule has 0 atom stereocenters. The van der Waals surface area contributed by atoms with E-state index < -0.39 is 12.6 Å². The Morgan fingerprint density at radius 1 is 0.879 bits per heavy atom. The summed E-state index contributed by atoms with van der Waals surface area (Å²) in [6, 6.07) is 22.9. The van der Waals surface area contributed by atoms with Gasteiger partial charge in [-0.2, -0.15) is 4.98 Å². The third-order valence-electron chi connectivity index (χ3n) is 4.73. The fraction of sp³-hybridized carbons (Fsp3) is 0.160. The van der Waals surface area contributed by atoms with Crippen molar-refractivity contribution in [3.05, 3.63) is 72.8 Å². The average molecular weight is 471 g/mol. The molecule has 0 saturated carbocycles. The molecule has 1 heterocycles. The fourth-order valence-corrected chi connectivity index (χ4v) is 3.32. The van der Waals surface area contributed by atoms with Crippen LogP contribution in [0.15, 0.2) is 72.8 Å². The third-order valence-corrected chi connectivity index (χ3v) is 4.99. The Balaban J connectivity index is 0.00000306. The van der Waals surface area contributed by atoms with Gasteiger partial charge in [0, 0.05) is 23.1 Å². The SMILES string of the molecule is O=C([O-])COc1cc(-c2ccccc2)nc(-c2ccc3cc(OCCCCl)ccc3c2)n1.[Na+]. The first-order valence-corrected chi connectivity index (χ1v) is 10.7. The Kier molecular flexibility index (Phi) is 9.09. The quantitative estimate of drug-likeness (QED) is 0.207. The van der Waals surface area contributed by atoms with Crippen LogP contribution in [0.2, 0.25) is 0 Å². The number of carbonyl (C=O) groups excluding carboxylic acids is 1. The third kappa shape index (κ3) is 6.68. The Morgan fingerprint density at radius 2 is 1.64 bits per heavy atom. The van der Waals surface area contributed by atoms with Crippen molar-refractivity contribution in [1.29, 1.82) is 0 Å². The minimum Gasteiger partial charge on any atom is -0.546 e. The van der Waals surface area contributed by atoms with Gasteiger partial charge in [0.15, 0.2) is 5.82 Å². The summed E-state index contributed by atoms with van der Waals surface area (Å²) in [5.74, 6) is 0.635. The minimum atomic E-state index is -1.32. The molecule has 33 heavy (non-hydrogen) atoms. The van der Waals surface area contributed by atoms with Gasteiger partial charge in [0.1, 0.15) is 12.4 Å². The standard InChI is InChI=1S/C25H21ClN2O4.Na/c26-11-4-12-31-21-10-9-18-13-20(8-7-19(18)14-21)25-27-22(17-5-2-1-3-6-17)15-23(28-25)32-16-24(29)30;/h1-3,5-10,13-15H,4,11-12,16H2,(H,29,30);/q;+1/p-1. The summed E-state index contributed by atoms with van der Waals surface area (Å²) < 4.78 is 11.0. The van der Waals surface area contributed by atoms with Crippen LogP contribution in [0.5, 0.6) is 11.6 Å². The Bertz CT molecular complexity index is 1240. The molecule has 0 saturated heterocycles. The van der Waals surface area contributed by atoms with E-state index in [1.807, 2.05) is 66.7 Å². The van der Waals surface area contributed by atoms with E-state index in [0.29, 0.717) is 24.0 Å². The minimum absolute atomic E-state index is 0. The van der Waals surface area contributed by atoms with Crippen LogP contribution in [0.25, 0.3) is 33.4 Å². The number of carbonyl (C=O) groups is 1. The second-order valence-electron chi connectivity index (χ2n) is 7.06. The molecule has 0 radical (unpaired) electrons. The fourth-order valence-electron chi connectivity index (χ4n) is 3.21. The van der Waals surface area contributed by atoms with E-state index in [4.69, 9.17) is 21.1 Å². The molecule has 0 amide bonds. The molecule has 0 N–H and O–H groups in total. The molecule has 0 unspecified atom stereocenters. The molecule has 1 aromatic heterocycles. The van der Waals surface area contributed by atoms with E-state index in [1.165, 1.54) is 0 Å². The summed E-state index contributed by atoms with van der Waals surface area (Å²) in [7, 11) is 0. The van der Waals surface area contributed by atoms with Crippen molar-refractivity contribution >= 4 is 28.3 Å². The van der Waals surface area contributed by atoms with Crippen LogP contribution in [-0.4, -0.2) is 35.0 Å². The summed E-state index contributed by atoms with van der Waals surface area (Å²) in [4.78, 5) is 19.9. The van der Waals surface area contributed by atoms with Gasteiger partial charge in [-0.05, 0) is 35.4 Å². The first-order valence-electron chi connectivity index (χ1n) is 10.1. The zero-order valence-corrected chi connectivity index (χ0v) is 20.9. The molecule has 3 aromatic carbocycles. The van der Waals surface area contributed by atoms with E-state index in [1.54, 1.807) is 6.07 Å². The largest absolute Gasteiger partial charge is 1.00 e. The van der Waals surface area contributed by atoms with Crippen molar-refractivity contribution in [3.8, 4) is 34.3 Å². The number of rotatable bonds is 9. The summed E-state index contributed by atoms with van der Waals surface area (Å²) in [6.07, 6.45) is 0.788. The number of nitrogens with zero attached hydrogens (tertiary/aromatic N) is 2. The van der Waals surface area contributed by atoms with Crippen LogP contribution in [0.1, 0.15) is 6.42 Å². The number of hydrogen-bond donors (Lipinski definition) is 0. The molecule has 4 rings (SSSR count). The predicted octanol–water partition coefficient (Wildman–Crippen LogP) is 1.10. The van der Waals surface area contributed by atoms with Gasteiger partial charge in [-0.15, -0.1) is 11.6 Å². The van der Waals surface area contributed by atoms with Crippen molar-refractivity contribution in [2.24, 2.45) is 0 Å². The Morgan fingerprint density at radius 3 is 2.39 bits per heavy atom. The molecule has 0 spiro atoms. The summed E-state index contributed by atoms with van der Waals surface area (Å²) in [6.45, 7) is -0.0171. The number of carboxylic acids is 1. The smallest absolute Gasteiger partial charge is 0.546 e. The number of benzene rings is 3. The second kappa shape index (κ2) is 12.0. The van der Waals surface area contributed by atoms with E-state index in [2.05, 4.69) is 9.97 Å². The summed E-state index contributed by atoms with van der Waals surface area (Å²) in [5, 5.41) is 12.9. The van der Waals surface area contributed by atoms with Gasteiger partial charge in [-0.1, -0.05) is 48.5 Å². The number of alkyl halides is 1. The maximum Gasteiger partial charge on any atom is 1.00 e. The van der Waals surface area contributed by atoms with E-state index in [-0.39, 0.29) is 35.4 Å². The zero-order chi connectivity index (χ0) is 22.3. The Labute approximate surface area is 218 Å². The van der Waals surface area contributed by atoms with Gasteiger partial charge < -0.3 is 19.4 Å². The first kappa shape index (κ1) is 25.0. The van der Waals surface area contributed by atoms with Gasteiger partial charge in [-0.25, -0.2) is 4.98 Å². The second-order valence-corrected chi connectivity index (χ2v) is 7.43. The maximum atomic E-state index is 10.8. The molecular formula is C25H20ClN2NaO4. The van der Waals surface area contributed by atoms with Crippen LogP contribution in [0, 0.1) is 0 Å². The van der Waals surface area contributed by atoms with Crippen LogP contribution < -0.4 is 44.1 Å². The van der Waals surface area contributed by atoms with Gasteiger partial charge in [0.05, 0.1) is 18.3 Å². The van der Waals surface area contributed by atoms with Gasteiger partial charge >= 0.3 is 29.6 Å². The number of carboxylic acid groups (broad SMARTS) is 1. The average Bonchev–Trinajstić information content (AvgIpc) is 2.83. The van der Waals surface area contributed by atoms with E-state index >= 15 is 0 Å². The zero-order valence-electron chi connectivity index (χ0n) is 18.2. The maximum absolute atomic E-state index is 10.8. The first-order chi connectivity index (χ1) is 15.6. The predicted molar refractivity (Wildman–Crippen MR) is 122 cm³/mol. The Hall–Kier alpha value is -2.64. The van der Waals surface area contributed by atoms with E-state index in [0.717, 1.165) is 34.1 Å². The van der Waals surface area contributed by atoms with Crippen LogP contribution in [0.3, 0.4) is 0 Å². The van der Waals surface area contributed by atoms with Gasteiger partial charge in [0.2, 0.25) is 5.88 Å². The number of aromatic nitrogens is 2. The van der Waals surface area contributed by atoms with Crippen molar-refractivity contribution < 1.29 is 48.9 Å². The molecule has 162 valence electrons. The number of fused-ring (bicyclic) bond motifs is 1. The molecule has 0 aliphatic heterocycles.